The Morgan fingerprint density at radius 3 is 1.96 bits per heavy atom. The molecule has 0 bridgehead atoms. The molecule has 4 heteroatoms. The van der Waals surface area contributed by atoms with Crippen molar-refractivity contribution in [2.45, 2.75) is 13.8 Å². The van der Waals surface area contributed by atoms with Crippen molar-refractivity contribution in [1.82, 2.24) is 0 Å². The smallest absolute Gasteiger partial charge is 0.136 e. The van der Waals surface area contributed by atoms with Crippen LogP contribution in [0.15, 0.2) is 68.4 Å². The average Bonchev–Trinajstić information content (AvgIpc) is 2.66. The van der Waals surface area contributed by atoms with Crippen LogP contribution < -0.4 is 0 Å². The van der Waals surface area contributed by atoms with Crippen molar-refractivity contribution in [3.63, 3.8) is 0 Å². The van der Waals surface area contributed by atoms with Crippen molar-refractivity contribution < 1.29 is 8.78 Å². The fourth-order valence-corrected chi connectivity index (χ4v) is 3.83. The van der Waals surface area contributed by atoms with E-state index >= 15 is 0 Å². The fraction of sp³-hybridized carbons (Fsp3) is 0.0833. The number of fused-ring (bicyclic) bond motifs is 2. The molecule has 3 aromatic rings. The Morgan fingerprint density at radius 2 is 1.43 bits per heavy atom. The number of benzene rings is 3. The van der Waals surface area contributed by atoms with E-state index in [1.807, 2.05) is 71.2 Å². The van der Waals surface area contributed by atoms with Crippen molar-refractivity contribution in [3.05, 3.63) is 90.6 Å². The maximum atomic E-state index is 14.4. The van der Waals surface area contributed by atoms with Crippen LogP contribution in [0.1, 0.15) is 22.3 Å². The zero-order chi connectivity index (χ0) is 20.6. The molecule has 0 atom stereocenters. The molecule has 0 aliphatic rings. The maximum Gasteiger partial charge on any atom is 0.136 e. The Morgan fingerprint density at radius 1 is 0.857 bits per heavy atom. The van der Waals surface area contributed by atoms with Gasteiger partial charge in [-0.2, -0.15) is 0 Å². The second-order valence-electron chi connectivity index (χ2n) is 6.62. The van der Waals surface area contributed by atoms with Crippen LogP contribution in [0.2, 0.25) is 0 Å². The van der Waals surface area contributed by atoms with Crippen LogP contribution in [0.3, 0.4) is 0 Å². The zero-order valence-electron chi connectivity index (χ0n) is 15.5. The lowest BCUT2D eigenvalue weighted by atomic mass is 9.88. The quantitative estimate of drug-likeness (QED) is 0.160. The standard InChI is InChI=1S/C24H18F2I2/c1-13-19(11-23(26)16(4)27)14(2)21(12-24(28)15(3)25)22-10-18-8-6-5-7-17(18)9-20(13)22/h5-12H,3-4H2,1-2H3/b23-11+,24-12+. The third-order valence-corrected chi connectivity index (χ3v) is 6.26. The normalized spacial score (nSPS) is 12.6. The summed E-state index contributed by atoms with van der Waals surface area (Å²) in [6, 6.07) is 12.3. The molecule has 28 heavy (non-hydrogen) atoms. The second kappa shape index (κ2) is 8.45. The van der Waals surface area contributed by atoms with E-state index in [9.17, 15) is 8.78 Å². The summed E-state index contributed by atoms with van der Waals surface area (Å²) in [6.07, 6.45) is 3.30. The van der Waals surface area contributed by atoms with Gasteiger partial charge in [0, 0.05) is 7.16 Å². The molecule has 0 aliphatic heterocycles. The summed E-state index contributed by atoms with van der Waals surface area (Å²) in [6.45, 7) is 11.0. The van der Waals surface area contributed by atoms with Gasteiger partial charge in [-0.15, -0.1) is 0 Å². The molecule has 0 unspecified atom stereocenters. The summed E-state index contributed by atoms with van der Waals surface area (Å²) in [5, 5.41) is 4.24. The third kappa shape index (κ3) is 4.08. The predicted octanol–water partition coefficient (Wildman–Crippen LogP) is 9.13. The molecule has 142 valence electrons. The van der Waals surface area contributed by atoms with Crippen LogP contribution in [0.5, 0.6) is 0 Å². The van der Waals surface area contributed by atoms with Crippen molar-refractivity contribution in [3.8, 4) is 0 Å². The summed E-state index contributed by atoms with van der Waals surface area (Å²) < 4.78 is 28.9. The van der Waals surface area contributed by atoms with E-state index in [4.69, 9.17) is 0 Å². The van der Waals surface area contributed by atoms with Crippen molar-refractivity contribution in [2.24, 2.45) is 0 Å². The molecule has 0 radical (unpaired) electrons. The van der Waals surface area contributed by atoms with Gasteiger partial charge in [0.1, 0.15) is 11.7 Å². The van der Waals surface area contributed by atoms with Crippen LogP contribution in [-0.2, 0) is 0 Å². The summed E-state index contributed by atoms with van der Waals surface area (Å²) in [5.41, 5.74) is 3.53. The number of hydrogen-bond donors (Lipinski definition) is 0. The number of hydrogen-bond acceptors (Lipinski definition) is 0. The van der Waals surface area contributed by atoms with E-state index in [0.29, 0.717) is 7.16 Å². The van der Waals surface area contributed by atoms with Crippen molar-refractivity contribution in [1.29, 1.82) is 0 Å². The van der Waals surface area contributed by atoms with Crippen LogP contribution >= 0.6 is 45.2 Å². The topological polar surface area (TPSA) is 0 Å². The lowest BCUT2D eigenvalue weighted by molar-refractivity contribution is 0.670. The summed E-state index contributed by atoms with van der Waals surface area (Å²) in [4.78, 5) is 0. The van der Waals surface area contributed by atoms with Crippen molar-refractivity contribution >= 4 is 78.9 Å². The molecule has 0 amide bonds. The maximum absolute atomic E-state index is 14.4. The highest BCUT2D eigenvalue weighted by Gasteiger charge is 2.15. The van der Waals surface area contributed by atoms with Gasteiger partial charge in [0.15, 0.2) is 0 Å². The Labute approximate surface area is 191 Å². The molecular formula is C24H18F2I2. The van der Waals surface area contributed by atoms with Gasteiger partial charge < -0.3 is 0 Å². The van der Waals surface area contributed by atoms with Crippen LogP contribution in [0, 0.1) is 13.8 Å². The fourth-order valence-electron chi connectivity index (χ4n) is 3.36. The first-order valence-corrected chi connectivity index (χ1v) is 10.8. The molecule has 0 fully saturated rings. The van der Waals surface area contributed by atoms with E-state index < -0.39 is 5.83 Å². The highest BCUT2D eigenvalue weighted by molar-refractivity contribution is 14.1. The number of rotatable bonds is 4. The van der Waals surface area contributed by atoms with Gasteiger partial charge in [-0.05, 0) is 127 Å². The molecule has 0 aliphatic carbocycles. The SMILES string of the molecule is C=C(I)/C(F)=C\c1c(C)c(/C=C(/I)C(=C)F)c2cc3ccccc3cc2c1C. The van der Waals surface area contributed by atoms with E-state index in [0.717, 1.165) is 43.8 Å². The van der Waals surface area contributed by atoms with Crippen LogP contribution in [0.25, 0.3) is 33.7 Å². The van der Waals surface area contributed by atoms with E-state index in [-0.39, 0.29) is 5.83 Å². The minimum atomic E-state index is -0.488. The third-order valence-electron chi connectivity index (χ3n) is 4.85. The first kappa shape index (κ1) is 21.2. The average molecular weight is 598 g/mol. The summed E-state index contributed by atoms with van der Waals surface area (Å²) >= 11 is 3.81. The Hall–Kier alpha value is -1.54. The predicted molar refractivity (Wildman–Crippen MR) is 135 cm³/mol. The van der Waals surface area contributed by atoms with Gasteiger partial charge in [-0.3, -0.25) is 0 Å². The lowest BCUT2D eigenvalue weighted by Gasteiger charge is -2.17. The monoisotopic (exact) mass is 598 g/mol. The Bertz CT molecular complexity index is 1200. The van der Waals surface area contributed by atoms with Crippen molar-refractivity contribution in [2.75, 3.05) is 0 Å². The summed E-state index contributed by atoms with van der Waals surface area (Å²) in [5.74, 6) is -0.857. The van der Waals surface area contributed by atoms with Gasteiger partial charge in [0.2, 0.25) is 0 Å². The van der Waals surface area contributed by atoms with Crippen LogP contribution in [0.4, 0.5) is 8.78 Å². The highest BCUT2D eigenvalue weighted by Crippen LogP contribution is 2.37. The molecule has 0 saturated carbocycles. The van der Waals surface area contributed by atoms with E-state index in [1.54, 1.807) is 6.08 Å². The molecule has 3 rings (SSSR count). The van der Waals surface area contributed by atoms with Gasteiger partial charge >= 0.3 is 0 Å². The van der Waals surface area contributed by atoms with E-state index in [2.05, 4.69) is 37.4 Å². The largest absolute Gasteiger partial charge is 0.206 e. The number of halogens is 4. The summed E-state index contributed by atoms with van der Waals surface area (Å²) in [7, 11) is 0. The first-order valence-electron chi connectivity index (χ1n) is 8.60. The number of aryl methyl sites for hydroxylation is 1. The molecule has 0 heterocycles. The molecule has 0 spiro atoms. The van der Waals surface area contributed by atoms with Crippen LogP contribution in [-0.4, -0.2) is 0 Å². The molecule has 0 saturated heterocycles. The number of allylic oxidation sites excluding steroid dienone is 4. The molecule has 0 nitrogen and oxygen atoms in total. The van der Waals surface area contributed by atoms with Gasteiger partial charge in [-0.1, -0.05) is 37.4 Å². The van der Waals surface area contributed by atoms with Gasteiger partial charge in [0.25, 0.3) is 0 Å². The Balaban J connectivity index is 2.50. The van der Waals surface area contributed by atoms with Gasteiger partial charge in [0.05, 0.1) is 0 Å². The van der Waals surface area contributed by atoms with E-state index in [1.165, 1.54) is 6.08 Å². The molecular weight excluding hydrogens is 580 g/mol. The minimum Gasteiger partial charge on any atom is -0.206 e. The minimum absolute atomic E-state index is 0.346. The first-order chi connectivity index (χ1) is 13.2. The molecule has 0 aromatic heterocycles. The highest BCUT2D eigenvalue weighted by atomic mass is 127. The second-order valence-corrected chi connectivity index (χ2v) is 9.08. The molecule has 0 N–H and O–H groups in total. The Kier molecular flexibility index (Phi) is 6.39. The molecule has 3 aromatic carbocycles. The lowest BCUT2D eigenvalue weighted by Crippen LogP contribution is -1.96. The zero-order valence-corrected chi connectivity index (χ0v) is 19.9. The van der Waals surface area contributed by atoms with Gasteiger partial charge in [-0.25, -0.2) is 8.78 Å².